The lowest BCUT2D eigenvalue weighted by Crippen LogP contribution is -2.51. The van der Waals surface area contributed by atoms with Crippen LogP contribution in [0.15, 0.2) is 66.7 Å². The molecule has 0 saturated carbocycles. The van der Waals surface area contributed by atoms with Crippen molar-refractivity contribution < 1.29 is 23.9 Å². The summed E-state index contributed by atoms with van der Waals surface area (Å²) in [4.78, 5) is 40.0. The molecule has 1 aliphatic rings. The molecule has 7 heteroatoms. The van der Waals surface area contributed by atoms with Crippen molar-refractivity contribution >= 4 is 18.3 Å². The minimum atomic E-state index is -0.539. The smallest absolute Gasteiger partial charge is 0.410 e. The normalized spacial score (nSPS) is 13.1. The van der Waals surface area contributed by atoms with Gasteiger partial charge in [-0.15, -0.1) is 0 Å². The lowest BCUT2D eigenvalue weighted by atomic mass is 10.0. The van der Waals surface area contributed by atoms with E-state index in [1.165, 1.54) is 5.56 Å². The zero-order chi connectivity index (χ0) is 30.0. The number of piperazine rings is 1. The largest absolute Gasteiger partial charge is 0.456 e. The Hall–Kier alpha value is -4.13. The summed E-state index contributed by atoms with van der Waals surface area (Å²) >= 11 is 0. The van der Waals surface area contributed by atoms with E-state index in [0.717, 1.165) is 23.0 Å². The Morgan fingerprint density at radius 2 is 1.37 bits per heavy atom. The molecule has 0 bridgehead atoms. The first kappa shape index (κ1) is 31.4. The van der Waals surface area contributed by atoms with Crippen LogP contribution in [0.1, 0.15) is 59.8 Å². The molecule has 7 nitrogen and oxygen atoms in total. The van der Waals surface area contributed by atoms with Crippen molar-refractivity contribution in [2.45, 2.75) is 60.0 Å². The Kier molecular flexibility index (Phi) is 11.1. The summed E-state index contributed by atoms with van der Waals surface area (Å²) in [6, 6.07) is 21.6. The number of hydrogen-bond acceptors (Lipinski definition) is 5. The van der Waals surface area contributed by atoms with E-state index in [1.807, 2.05) is 77.1 Å². The van der Waals surface area contributed by atoms with E-state index in [9.17, 15) is 14.4 Å². The van der Waals surface area contributed by atoms with Gasteiger partial charge >= 0.3 is 6.09 Å². The fourth-order valence-electron chi connectivity index (χ4n) is 4.37. The predicted molar refractivity (Wildman–Crippen MR) is 162 cm³/mol. The van der Waals surface area contributed by atoms with Crippen LogP contribution in [0.3, 0.4) is 0 Å². The Labute approximate surface area is 244 Å². The highest BCUT2D eigenvalue weighted by Gasteiger charge is 2.27. The first-order chi connectivity index (χ1) is 19.4. The standard InChI is InChI=1S/C27H34N2O5.C7H8/c1-19-6-9-23(33-24-10-7-20(2)17-22(24)18-30)21(16-19)8-11-25(31)28-12-14-29(15-13-28)26(32)34-27(3,4)5;1-7-5-3-2-4-6-7/h6-7,9-10,16-18H,8,11-15H2,1-5H3;2-6H,1H3. The third-order valence-corrected chi connectivity index (χ3v) is 6.56. The van der Waals surface area contributed by atoms with Crippen molar-refractivity contribution in [1.29, 1.82) is 0 Å². The molecule has 0 N–H and O–H groups in total. The van der Waals surface area contributed by atoms with Crippen LogP contribution in [0.25, 0.3) is 0 Å². The number of nitrogens with zero attached hydrogens (tertiary/aromatic N) is 2. The molecule has 4 rings (SSSR count). The van der Waals surface area contributed by atoms with E-state index in [1.54, 1.807) is 21.9 Å². The topological polar surface area (TPSA) is 76.2 Å². The molecule has 0 aliphatic carbocycles. The second-order valence-corrected chi connectivity index (χ2v) is 11.4. The van der Waals surface area contributed by atoms with Gasteiger partial charge < -0.3 is 19.3 Å². The van der Waals surface area contributed by atoms with Gasteiger partial charge in [0.25, 0.3) is 0 Å². The van der Waals surface area contributed by atoms with Crippen molar-refractivity contribution in [3.63, 3.8) is 0 Å². The van der Waals surface area contributed by atoms with Gasteiger partial charge in [-0.1, -0.05) is 65.2 Å². The highest BCUT2D eigenvalue weighted by atomic mass is 16.6. The fraction of sp³-hybridized carbons (Fsp3) is 0.382. The maximum Gasteiger partial charge on any atom is 0.410 e. The summed E-state index contributed by atoms with van der Waals surface area (Å²) in [5.74, 6) is 1.18. The zero-order valence-corrected chi connectivity index (χ0v) is 25.1. The van der Waals surface area contributed by atoms with Crippen LogP contribution >= 0.6 is 0 Å². The molecule has 0 aromatic heterocycles. The molecule has 3 aromatic carbocycles. The third-order valence-electron chi connectivity index (χ3n) is 6.56. The summed E-state index contributed by atoms with van der Waals surface area (Å²) in [5.41, 5.74) is 4.24. The van der Waals surface area contributed by atoms with Gasteiger partial charge in [-0.3, -0.25) is 9.59 Å². The number of ether oxygens (including phenoxy) is 2. The minimum Gasteiger partial charge on any atom is -0.456 e. The van der Waals surface area contributed by atoms with Crippen LogP contribution in [-0.2, 0) is 16.0 Å². The maximum absolute atomic E-state index is 12.9. The van der Waals surface area contributed by atoms with Gasteiger partial charge in [-0.2, -0.15) is 0 Å². The molecule has 3 aromatic rings. The van der Waals surface area contributed by atoms with E-state index in [4.69, 9.17) is 9.47 Å². The minimum absolute atomic E-state index is 0.0419. The molecule has 1 saturated heterocycles. The molecule has 1 fully saturated rings. The monoisotopic (exact) mass is 558 g/mol. The lowest BCUT2D eigenvalue weighted by Gasteiger charge is -2.35. The third kappa shape index (κ3) is 10.1. The lowest BCUT2D eigenvalue weighted by molar-refractivity contribution is -0.132. The van der Waals surface area contributed by atoms with Gasteiger partial charge in [-0.25, -0.2) is 4.79 Å². The van der Waals surface area contributed by atoms with Crippen LogP contribution < -0.4 is 4.74 Å². The first-order valence-electron chi connectivity index (χ1n) is 14.1. The van der Waals surface area contributed by atoms with Gasteiger partial charge in [-0.05, 0) is 71.7 Å². The summed E-state index contributed by atoms with van der Waals surface area (Å²) in [7, 11) is 0. The highest BCUT2D eigenvalue weighted by Crippen LogP contribution is 2.30. The number of amides is 2. The fourth-order valence-corrected chi connectivity index (χ4v) is 4.37. The predicted octanol–water partition coefficient (Wildman–Crippen LogP) is 6.92. The first-order valence-corrected chi connectivity index (χ1v) is 14.1. The number of benzene rings is 3. The molecule has 41 heavy (non-hydrogen) atoms. The highest BCUT2D eigenvalue weighted by molar-refractivity contribution is 5.80. The van der Waals surface area contributed by atoms with Crippen LogP contribution in [-0.4, -0.2) is 59.9 Å². The number of aryl methyl sites for hydroxylation is 4. The van der Waals surface area contributed by atoms with Gasteiger partial charge in [0.2, 0.25) is 5.91 Å². The summed E-state index contributed by atoms with van der Waals surface area (Å²) in [6.45, 7) is 13.4. The van der Waals surface area contributed by atoms with Crippen LogP contribution in [0.5, 0.6) is 11.5 Å². The van der Waals surface area contributed by atoms with Gasteiger partial charge in [0.05, 0.1) is 5.56 Å². The van der Waals surface area contributed by atoms with Gasteiger partial charge in [0, 0.05) is 32.6 Å². The summed E-state index contributed by atoms with van der Waals surface area (Å²) < 4.78 is 11.5. The van der Waals surface area contributed by atoms with E-state index in [0.29, 0.717) is 56.1 Å². The molecule has 0 spiro atoms. The number of aldehydes is 1. The maximum atomic E-state index is 12.9. The van der Waals surface area contributed by atoms with Crippen molar-refractivity contribution in [2.24, 2.45) is 0 Å². The molecule has 218 valence electrons. The van der Waals surface area contributed by atoms with Crippen molar-refractivity contribution in [2.75, 3.05) is 26.2 Å². The second-order valence-electron chi connectivity index (χ2n) is 11.4. The van der Waals surface area contributed by atoms with Crippen molar-refractivity contribution in [3.05, 3.63) is 94.5 Å². The summed E-state index contributed by atoms with van der Waals surface area (Å²) in [6.07, 6.45) is 1.30. The number of carbonyl (C=O) groups is 3. The Bertz CT molecular complexity index is 1320. The van der Waals surface area contributed by atoms with Gasteiger partial charge in [0.15, 0.2) is 6.29 Å². The second kappa shape index (κ2) is 14.5. The van der Waals surface area contributed by atoms with Crippen LogP contribution in [0.2, 0.25) is 0 Å². The SMILES string of the molecule is Cc1ccc(Oc2ccc(C)cc2CCC(=O)N2CCN(C(=O)OC(C)(C)C)CC2)c(C=O)c1.Cc1ccccc1. The van der Waals surface area contributed by atoms with E-state index in [-0.39, 0.29) is 12.0 Å². The van der Waals surface area contributed by atoms with E-state index < -0.39 is 5.60 Å². The van der Waals surface area contributed by atoms with Crippen LogP contribution in [0.4, 0.5) is 4.79 Å². The van der Waals surface area contributed by atoms with Crippen LogP contribution in [0, 0.1) is 20.8 Å². The number of rotatable bonds is 6. The summed E-state index contributed by atoms with van der Waals surface area (Å²) in [5, 5.41) is 0. The Balaban J connectivity index is 0.000000575. The Morgan fingerprint density at radius 3 is 1.93 bits per heavy atom. The molecule has 2 amide bonds. The molecule has 1 aliphatic heterocycles. The van der Waals surface area contributed by atoms with E-state index in [2.05, 4.69) is 19.1 Å². The Morgan fingerprint density at radius 1 is 0.780 bits per heavy atom. The number of hydrogen-bond donors (Lipinski definition) is 0. The van der Waals surface area contributed by atoms with Crippen molar-refractivity contribution in [3.8, 4) is 11.5 Å². The molecular formula is C34H42N2O5. The number of carbonyl (C=O) groups excluding carboxylic acids is 3. The van der Waals surface area contributed by atoms with E-state index >= 15 is 0 Å². The van der Waals surface area contributed by atoms with Crippen molar-refractivity contribution in [1.82, 2.24) is 9.80 Å². The molecule has 1 heterocycles. The average molecular weight is 559 g/mol. The van der Waals surface area contributed by atoms with Gasteiger partial charge in [0.1, 0.15) is 17.1 Å². The molecule has 0 atom stereocenters. The molecule has 0 unspecified atom stereocenters. The molecule has 0 radical (unpaired) electrons. The molecular weight excluding hydrogens is 516 g/mol. The average Bonchev–Trinajstić information content (AvgIpc) is 2.93. The zero-order valence-electron chi connectivity index (χ0n) is 25.1. The quantitative estimate of drug-likeness (QED) is 0.307.